The SMILES string of the molecule is CCc1nc2c([N+]3(c4cccc5c4ncn5CC)C(S)(S)N=NC3(c3cc(CC)c(O)cc3O)c3cc(CC)c(O)cc3O)cccc2[nH]1. The highest BCUT2D eigenvalue weighted by atomic mass is 32.2. The minimum Gasteiger partial charge on any atom is -0.508 e. The Balaban J connectivity index is 1.81. The molecule has 1 unspecified atom stereocenters. The van der Waals surface area contributed by atoms with Crippen molar-refractivity contribution in [1.29, 1.82) is 0 Å². The number of H-pyrrole nitrogens is 1. The highest BCUT2D eigenvalue weighted by molar-refractivity contribution is 8.00. The normalized spacial score (nSPS) is 18.2. The second-order valence-corrected chi connectivity index (χ2v) is 13.8. The number of azo groups is 1. The highest BCUT2D eigenvalue weighted by Crippen LogP contribution is 2.67. The smallest absolute Gasteiger partial charge is 0.314 e. The van der Waals surface area contributed by atoms with Gasteiger partial charge in [-0.25, -0.2) is 9.97 Å². The third-order valence-electron chi connectivity index (χ3n) is 9.74. The minimum absolute atomic E-state index is 0.0927. The number of nitrogens with one attached hydrogen (secondary N) is 1. The molecule has 0 amide bonds. The molecule has 252 valence electrons. The average molecular weight is 697 g/mol. The lowest BCUT2D eigenvalue weighted by molar-refractivity contribution is 0.220. The Bertz CT molecular complexity index is 2220. The summed E-state index contributed by atoms with van der Waals surface area (Å²) in [6.07, 6.45) is 3.24. The average Bonchev–Trinajstić information content (AvgIpc) is 3.77. The van der Waals surface area contributed by atoms with E-state index in [1.165, 1.54) is 12.1 Å². The Labute approximate surface area is 294 Å². The predicted molar refractivity (Wildman–Crippen MR) is 197 cm³/mol. The van der Waals surface area contributed by atoms with E-state index >= 15 is 0 Å². The third-order valence-corrected chi connectivity index (χ3v) is 10.5. The van der Waals surface area contributed by atoms with Crippen molar-refractivity contribution in [3.05, 3.63) is 95.1 Å². The molecule has 0 aliphatic carbocycles. The molecule has 0 saturated carbocycles. The number of para-hydroxylation sites is 2. The number of imidazole rings is 2. The zero-order valence-electron chi connectivity index (χ0n) is 27.5. The van der Waals surface area contributed by atoms with Crippen LogP contribution in [0.2, 0.25) is 0 Å². The molecule has 1 aliphatic rings. The Morgan fingerprint density at radius 2 is 1.33 bits per heavy atom. The molecule has 0 fully saturated rings. The lowest BCUT2D eigenvalue weighted by Gasteiger charge is -2.49. The summed E-state index contributed by atoms with van der Waals surface area (Å²) >= 11 is 10.4. The molecule has 6 aromatic rings. The van der Waals surface area contributed by atoms with Gasteiger partial charge in [-0.3, -0.25) is 0 Å². The summed E-state index contributed by atoms with van der Waals surface area (Å²) in [4.78, 5) is 13.4. The van der Waals surface area contributed by atoms with E-state index in [0.29, 0.717) is 59.3 Å². The number of aromatic hydroxyl groups is 4. The van der Waals surface area contributed by atoms with Crippen LogP contribution in [0.25, 0.3) is 22.1 Å². The van der Waals surface area contributed by atoms with E-state index in [4.69, 9.17) is 45.5 Å². The summed E-state index contributed by atoms with van der Waals surface area (Å²) in [5, 5.41) is 55.7. The van der Waals surface area contributed by atoms with E-state index in [9.17, 15) is 20.4 Å². The summed E-state index contributed by atoms with van der Waals surface area (Å²) < 4.78 is -0.208. The predicted octanol–water partition coefficient (Wildman–Crippen LogP) is 7.92. The highest BCUT2D eigenvalue weighted by Gasteiger charge is 2.73. The molecule has 0 spiro atoms. The number of hydrogen-bond acceptors (Lipinski definition) is 10. The van der Waals surface area contributed by atoms with Crippen molar-refractivity contribution in [2.75, 3.05) is 0 Å². The maximum atomic E-state index is 12.0. The molecule has 1 aliphatic heterocycles. The number of nitrogens with zero attached hydrogens (tertiary/aromatic N) is 6. The standard InChI is InChI=1S/C36H37N7O4S2/c1-5-20-15-22(30(46)17-28(20)44)35(23-16-21(6-2)29(45)18-31(23)47)40-41-36(48,49)43(35,26-13-9-11-24-33(26)39-32(7-3)38-24)27-14-10-12-25-34(27)37-19-42(25)8-4/h9-19H,5-8H2,1-4H3,(H6-,38,39,44,45,46,47,48,49)/p+1. The van der Waals surface area contributed by atoms with Crippen LogP contribution >= 0.6 is 25.3 Å². The van der Waals surface area contributed by atoms with Crippen LogP contribution in [-0.4, -0.2) is 44.3 Å². The molecule has 13 heteroatoms. The van der Waals surface area contributed by atoms with Gasteiger partial charge in [0.15, 0.2) is 11.4 Å². The van der Waals surface area contributed by atoms with Gasteiger partial charge >= 0.3 is 4.33 Å². The molecule has 4 aromatic carbocycles. The van der Waals surface area contributed by atoms with E-state index in [1.807, 2.05) is 68.7 Å². The van der Waals surface area contributed by atoms with E-state index in [0.717, 1.165) is 16.9 Å². The number of thiol groups is 2. The fourth-order valence-electron chi connectivity index (χ4n) is 7.38. The molecule has 2 aromatic heterocycles. The third kappa shape index (κ3) is 4.41. The molecule has 0 radical (unpaired) electrons. The van der Waals surface area contributed by atoms with Crippen LogP contribution in [0.15, 0.2) is 77.2 Å². The van der Waals surface area contributed by atoms with E-state index in [2.05, 4.69) is 4.98 Å². The number of hydrogen-bond donors (Lipinski definition) is 7. The number of benzene rings is 4. The Morgan fingerprint density at radius 1 is 0.735 bits per heavy atom. The van der Waals surface area contributed by atoms with E-state index in [-0.39, 0.29) is 34.1 Å². The monoisotopic (exact) mass is 696 g/mol. The topological polar surface area (TPSA) is 152 Å². The van der Waals surface area contributed by atoms with Gasteiger partial charge in [-0.1, -0.05) is 63.3 Å². The van der Waals surface area contributed by atoms with Gasteiger partial charge in [-0.15, -0.1) is 5.11 Å². The number of phenolic OH excluding ortho intramolecular Hbond substituents is 4. The van der Waals surface area contributed by atoms with Gasteiger partial charge in [-0.2, -0.15) is 4.48 Å². The number of aromatic amines is 1. The van der Waals surface area contributed by atoms with Crippen LogP contribution in [0.1, 0.15) is 55.8 Å². The van der Waals surface area contributed by atoms with Crippen LogP contribution in [0.3, 0.4) is 0 Å². The van der Waals surface area contributed by atoms with Crippen molar-refractivity contribution in [3.63, 3.8) is 0 Å². The first kappa shape index (κ1) is 32.8. The van der Waals surface area contributed by atoms with Crippen molar-refractivity contribution in [1.82, 2.24) is 24.0 Å². The summed E-state index contributed by atoms with van der Waals surface area (Å²) in [6.45, 7) is 8.48. The van der Waals surface area contributed by atoms with Gasteiger partial charge in [0.25, 0.3) is 5.66 Å². The zero-order chi connectivity index (χ0) is 34.9. The molecule has 49 heavy (non-hydrogen) atoms. The maximum Gasteiger partial charge on any atom is 0.314 e. The number of quaternary nitrogens is 1. The molecule has 0 bridgehead atoms. The van der Waals surface area contributed by atoms with Crippen molar-refractivity contribution in [2.24, 2.45) is 10.2 Å². The summed E-state index contributed by atoms with van der Waals surface area (Å²) in [5.41, 5.74) is 3.47. The second kappa shape index (κ2) is 11.7. The fourth-order valence-corrected chi connectivity index (χ4v) is 8.19. The maximum absolute atomic E-state index is 12.0. The molecule has 5 N–H and O–H groups in total. The quantitative estimate of drug-likeness (QED) is 0.0488. The van der Waals surface area contributed by atoms with Gasteiger partial charge in [0, 0.05) is 37.2 Å². The second-order valence-electron chi connectivity index (χ2n) is 12.2. The molecular formula is C36H38N7O4S2+. The van der Waals surface area contributed by atoms with Crippen LogP contribution in [0.5, 0.6) is 23.0 Å². The zero-order valence-corrected chi connectivity index (χ0v) is 29.3. The van der Waals surface area contributed by atoms with E-state index in [1.54, 1.807) is 18.5 Å². The number of fused-ring (bicyclic) bond motifs is 2. The summed E-state index contributed by atoms with van der Waals surface area (Å²) in [7, 11) is 0. The van der Waals surface area contributed by atoms with Crippen molar-refractivity contribution in [2.45, 2.75) is 63.5 Å². The molecular weight excluding hydrogens is 659 g/mol. The minimum atomic E-state index is -1.89. The number of phenols is 4. The largest absolute Gasteiger partial charge is 0.508 e. The Kier molecular flexibility index (Phi) is 7.84. The fraction of sp³-hybridized carbons (Fsp3) is 0.278. The van der Waals surface area contributed by atoms with Crippen molar-refractivity contribution in [3.8, 4) is 23.0 Å². The lowest BCUT2D eigenvalue weighted by Crippen LogP contribution is -2.64. The molecule has 7 rings (SSSR count). The van der Waals surface area contributed by atoms with Crippen LogP contribution < -0.4 is 4.48 Å². The van der Waals surface area contributed by atoms with Gasteiger partial charge in [0.05, 0.1) is 28.5 Å². The Hall–Kier alpha value is -4.72. The summed E-state index contributed by atoms with van der Waals surface area (Å²) in [6, 6.07) is 17.5. The number of aryl methyl sites for hydroxylation is 4. The molecule has 0 saturated heterocycles. The van der Waals surface area contributed by atoms with Crippen LogP contribution in [0.4, 0.5) is 11.4 Å². The van der Waals surface area contributed by atoms with Crippen LogP contribution in [0, 0.1) is 0 Å². The molecule has 11 nitrogen and oxygen atoms in total. The molecule has 3 heterocycles. The van der Waals surface area contributed by atoms with Crippen molar-refractivity contribution >= 4 is 58.7 Å². The first-order valence-corrected chi connectivity index (χ1v) is 17.2. The van der Waals surface area contributed by atoms with E-state index < -0.39 is 14.5 Å². The van der Waals surface area contributed by atoms with Gasteiger partial charge in [0.2, 0.25) is 0 Å². The Morgan fingerprint density at radius 3 is 1.90 bits per heavy atom. The summed E-state index contributed by atoms with van der Waals surface area (Å²) in [5.74, 6) is -0.0283. The first-order chi connectivity index (χ1) is 23.5. The lowest BCUT2D eigenvalue weighted by atomic mass is 9.82. The number of aromatic nitrogens is 4. The van der Waals surface area contributed by atoms with Gasteiger partial charge in [0.1, 0.15) is 39.9 Å². The van der Waals surface area contributed by atoms with Crippen LogP contribution in [-0.2, 0) is 31.5 Å². The van der Waals surface area contributed by atoms with Gasteiger partial charge < -0.3 is 30.0 Å². The van der Waals surface area contributed by atoms with Crippen molar-refractivity contribution < 1.29 is 20.4 Å². The molecule has 1 atom stereocenters. The van der Waals surface area contributed by atoms with Gasteiger partial charge in [-0.05, 0) is 55.2 Å². The first-order valence-electron chi connectivity index (χ1n) is 16.3. The number of rotatable bonds is 8.